The number of aliphatic carboxylic acids is 1. The number of anilines is 1. The van der Waals surface area contributed by atoms with E-state index in [9.17, 15) is 28.6 Å². The zero-order valence-electron chi connectivity index (χ0n) is 26.4. The fourth-order valence-electron chi connectivity index (χ4n) is 7.42. The Morgan fingerprint density at radius 1 is 0.957 bits per heavy atom. The van der Waals surface area contributed by atoms with Gasteiger partial charge in [0.15, 0.2) is 0 Å². The summed E-state index contributed by atoms with van der Waals surface area (Å²) in [6.07, 6.45) is 1.50. The molecule has 3 N–H and O–H groups in total. The maximum atomic E-state index is 14.9. The van der Waals surface area contributed by atoms with Crippen molar-refractivity contribution in [3.05, 3.63) is 99.5 Å². The van der Waals surface area contributed by atoms with Gasteiger partial charge in [-0.1, -0.05) is 66.5 Å². The molecule has 3 aromatic rings. The van der Waals surface area contributed by atoms with Gasteiger partial charge in [-0.3, -0.25) is 27.8 Å². The highest BCUT2D eigenvalue weighted by Crippen LogP contribution is 2.59. The van der Waals surface area contributed by atoms with Crippen LogP contribution in [-0.2, 0) is 9.59 Å². The highest BCUT2D eigenvalue weighted by Gasteiger charge is 2.56. The maximum Gasteiger partial charge on any atom is 0.304 e. The standard InChI is InChI=1S/C35H39Cl2N3O6S/c1-21(2)40-33(43)27-9-4-5-10-29(27)38(47(40,45)46)20-30(22-11-12-22)39-32(23-13-15-25(36)16-14-23)28(24-7-6-8-26(37)17-24)18-35(3,34(39)44)19-31(41)42/h4-10,13-17,21-22,28,30,32,45-46H,11-12,18-20H2,1-3H3,(H,41,42). The first-order valence-electron chi connectivity index (χ1n) is 15.8. The molecular formula is C35H39Cl2N3O6S. The molecule has 1 saturated heterocycles. The summed E-state index contributed by atoms with van der Waals surface area (Å²) >= 11 is 12.8. The predicted octanol–water partition coefficient (Wildman–Crippen LogP) is 8.26. The van der Waals surface area contributed by atoms with E-state index in [1.807, 2.05) is 35.2 Å². The van der Waals surface area contributed by atoms with Crippen molar-refractivity contribution in [2.45, 2.75) is 70.5 Å². The molecule has 3 aromatic carbocycles. The number of benzene rings is 3. The molecule has 9 nitrogen and oxygen atoms in total. The minimum absolute atomic E-state index is 0.00781. The number of nitrogens with zero attached hydrogens (tertiary/aromatic N) is 3. The van der Waals surface area contributed by atoms with Gasteiger partial charge in [0, 0.05) is 22.0 Å². The van der Waals surface area contributed by atoms with Crippen LogP contribution in [0.25, 0.3) is 0 Å². The van der Waals surface area contributed by atoms with Crippen LogP contribution < -0.4 is 4.31 Å². The van der Waals surface area contributed by atoms with Crippen molar-refractivity contribution in [3.8, 4) is 0 Å². The highest BCUT2D eigenvalue weighted by atomic mass is 35.5. The van der Waals surface area contributed by atoms with Gasteiger partial charge in [0.05, 0.1) is 41.7 Å². The number of hydrogen-bond donors (Lipinski definition) is 3. The Morgan fingerprint density at radius 3 is 2.26 bits per heavy atom. The molecule has 1 aliphatic carbocycles. The molecule has 2 heterocycles. The Hall–Kier alpha value is -3.28. The van der Waals surface area contributed by atoms with Crippen molar-refractivity contribution < 1.29 is 28.6 Å². The lowest BCUT2D eigenvalue weighted by Gasteiger charge is -2.57. The topological polar surface area (TPSA) is 122 Å². The average Bonchev–Trinajstić information content (AvgIpc) is 3.84. The molecule has 3 aliphatic rings. The summed E-state index contributed by atoms with van der Waals surface area (Å²) in [6, 6.07) is 20.0. The Labute approximate surface area is 286 Å². The van der Waals surface area contributed by atoms with Gasteiger partial charge in [-0.25, -0.2) is 4.31 Å². The van der Waals surface area contributed by atoms with Crippen LogP contribution in [0.2, 0.25) is 10.0 Å². The summed E-state index contributed by atoms with van der Waals surface area (Å²) in [7, 11) is -3.84. The van der Waals surface area contributed by atoms with Gasteiger partial charge in [-0.2, -0.15) is 0 Å². The van der Waals surface area contributed by atoms with Crippen molar-refractivity contribution in [2.75, 3.05) is 10.8 Å². The quantitative estimate of drug-likeness (QED) is 0.206. The van der Waals surface area contributed by atoms with E-state index in [4.69, 9.17) is 23.2 Å². The van der Waals surface area contributed by atoms with Crippen LogP contribution in [0, 0.1) is 11.3 Å². The molecule has 2 fully saturated rings. The van der Waals surface area contributed by atoms with Crippen LogP contribution >= 0.6 is 34.2 Å². The van der Waals surface area contributed by atoms with Crippen molar-refractivity contribution >= 4 is 57.6 Å². The fourth-order valence-corrected chi connectivity index (χ4v) is 9.62. The highest BCUT2D eigenvalue weighted by molar-refractivity contribution is 8.23. The Balaban J connectivity index is 1.54. The lowest BCUT2D eigenvalue weighted by atomic mass is 9.67. The number of para-hydroxylation sites is 1. The third-order valence-corrected chi connectivity index (χ3v) is 12.2. The van der Waals surface area contributed by atoms with E-state index in [2.05, 4.69) is 0 Å². The molecular weight excluding hydrogens is 661 g/mol. The van der Waals surface area contributed by atoms with Gasteiger partial charge in [-0.05, 0) is 97.5 Å². The van der Waals surface area contributed by atoms with Gasteiger partial charge < -0.3 is 10.0 Å². The van der Waals surface area contributed by atoms with Crippen LogP contribution in [0.5, 0.6) is 0 Å². The average molecular weight is 701 g/mol. The molecule has 47 heavy (non-hydrogen) atoms. The van der Waals surface area contributed by atoms with E-state index >= 15 is 0 Å². The molecule has 2 aliphatic heterocycles. The van der Waals surface area contributed by atoms with E-state index in [1.54, 1.807) is 63.2 Å². The third-order valence-electron chi connectivity index (χ3n) is 9.64. The minimum Gasteiger partial charge on any atom is -0.481 e. The smallest absolute Gasteiger partial charge is 0.304 e. The third kappa shape index (κ3) is 6.22. The zero-order valence-corrected chi connectivity index (χ0v) is 28.8. The molecule has 250 valence electrons. The van der Waals surface area contributed by atoms with E-state index in [1.165, 1.54) is 4.31 Å². The number of halogens is 2. The SMILES string of the molecule is CC(C)N1C(=O)c2ccccc2N(CC(C2CC2)N2C(=O)C(C)(CC(=O)O)CC(c3cccc(Cl)c3)C2c2ccc(Cl)cc2)S1(O)O. The maximum absolute atomic E-state index is 14.9. The summed E-state index contributed by atoms with van der Waals surface area (Å²) in [6.45, 7) is 5.18. The summed E-state index contributed by atoms with van der Waals surface area (Å²) in [5.41, 5.74) is 1.14. The molecule has 1 saturated carbocycles. The van der Waals surface area contributed by atoms with Crippen LogP contribution in [0.15, 0.2) is 72.8 Å². The van der Waals surface area contributed by atoms with Crippen molar-refractivity contribution in [3.63, 3.8) is 0 Å². The number of hydrogen-bond acceptors (Lipinski definition) is 6. The number of likely N-dealkylation sites (tertiary alicyclic amines) is 1. The zero-order chi connectivity index (χ0) is 33.8. The Kier molecular flexibility index (Phi) is 9.04. The van der Waals surface area contributed by atoms with Gasteiger partial charge in [0.25, 0.3) is 5.91 Å². The number of carboxylic acids is 1. The van der Waals surface area contributed by atoms with Crippen molar-refractivity contribution in [2.24, 2.45) is 11.3 Å². The molecule has 0 spiro atoms. The first kappa shape index (κ1) is 33.6. The van der Waals surface area contributed by atoms with Gasteiger partial charge in [0.2, 0.25) is 5.91 Å². The summed E-state index contributed by atoms with van der Waals surface area (Å²) in [4.78, 5) is 42.6. The number of piperidine rings is 1. The van der Waals surface area contributed by atoms with Crippen LogP contribution in [0.3, 0.4) is 0 Å². The van der Waals surface area contributed by atoms with Crippen LogP contribution in [0.1, 0.15) is 79.9 Å². The molecule has 0 bridgehead atoms. The van der Waals surface area contributed by atoms with Crippen molar-refractivity contribution in [1.82, 2.24) is 9.21 Å². The molecule has 4 atom stereocenters. The number of carboxylic acid groups (broad SMARTS) is 1. The number of carbonyl (C=O) groups is 3. The minimum atomic E-state index is -3.84. The van der Waals surface area contributed by atoms with Gasteiger partial charge >= 0.3 is 5.97 Å². The van der Waals surface area contributed by atoms with Crippen molar-refractivity contribution in [1.29, 1.82) is 0 Å². The second kappa shape index (κ2) is 12.6. The summed E-state index contributed by atoms with van der Waals surface area (Å²) < 4.78 is 26.3. The lowest BCUT2D eigenvalue weighted by molar-refractivity contribution is -0.160. The van der Waals surface area contributed by atoms with E-state index < -0.39 is 46.4 Å². The van der Waals surface area contributed by atoms with Crippen LogP contribution in [0.4, 0.5) is 5.69 Å². The van der Waals surface area contributed by atoms with E-state index in [0.29, 0.717) is 21.3 Å². The molecule has 0 aromatic heterocycles. The largest absolute Gasteiger partial charge is 0.481 e. The Morgan fingerprint density at radius 2 is 1.64 bits per heavy atom. The fraction of sp³-hybridized carbons (Fsp3) is 0.400. The normalized spacial score (nSPS) is 25.5. The number of rotatable bonds is 9. The van der Waals surface area contributed by atoms with Gasteiger partial charge in [-0.15, -0.1) is 0 Å². The molecule has 4 unspecified atom stereocenters. The first-order chi connectivity index (χ1) is 22.2. The number of amides is 2. The number of fused-ring (bicyclic) bond motifs is 1. The lowest BCUT2D eigenvalue weighted by Crippen LogP contribution is -2.60. The predicted molar refractivity (Wildman–Crippen MR) is 185 cm³/mol. The van der Waals surface area contributed by atoms with Crippen LogP contribution in [-0.4, -0.2) is 59.8 Å². The molecule has 2 amide bonds. The molecule has 6 rings (SSSR count). The monoisotopic (exact) mass is 699 g/mol. The van der Waals surface area contributed by atoms with Gasteiger partial charge in [0.1, 0.15) is 0 Å². The molecule has 12 heteroatoms. The molecule has 0 radical (unpaired) electrons. The second-order valence-electron chi connectivity index (χ2n) is 13.4. The second-order valence-corrected chi connectivity index (χ2v) is 16.1. The summed E-state index contributed by atoms with van der Waals surface area (Å²) in [5, 5.41) is 11.1. The van der Waals surface area contributed by atoms with E-state index in [0.717, 1.165) is 28.3 Å². The van der Waals surface area contributed by atoms with E-state index in [-0.39, 0.29) is 37.1 Å². The number of carbonyl (C=O) groups excluding carboxylic acids is 2. The Bertz CT molecular complexity index is 1700. The summed E-state index contributed by atoms with van der Waals surface area (Å²) in [5.74, 6) is -2.20. The first-order valence-corrected chi connectivity index (χ1v) is 18.0.